The molecule has 240 valence electrons. The number of alkyl halides is 1. The smallest absolute Gasteiger partial charge is 0.0642 e. The van der Waals surface area contributed by atoms with Crippen molar-refractivity contribution in [3.8, 4) is 0 Å². The summed E-state index contributed by atoms with van der Waals surface area (Å²) in [6.07, 6.45) is 22.9. The molecule has 8 nitrogen and oxygen atoms in total. The van der Waals surface area contributed by atoms with Crippen LogP contribution in [0.25, 0.3) is 0 Å². The van der Waals surface area contributed by atoms with E-state index in [1.165, 1.54) is 89.9 Å². The van der Waals surface area contributed by atoms with Crippen LogP contribution >= 0.6 is 28.6 Å². The summed E-state index contributed by atoms with van der Waals surface area (Å²) in [5.41, 5.74) is 0. The average molecular weight is 734 g/mol. The van der Waals surface area contributed by atoms with Crippen molar-refractivity contribution in [2.45, 2.75) is 151 Å². The van der Waals surface area contributed by atoms with E-state index in [0.717, 1.165) is 18.3 Å². The SMILES string of the molecule is Br.ClC1CCCC2C3NC4NC(NC5NC(NC6NC(NC(N3)C12)C1CCCCC61)C1CCCCC51)C1CCCCC41.[Zn]. The maximum atomic E-state index is 7.19. The predicted molar refractivity (Wildman–Crippen MR) is 173 cm³/mol. The molecule has 0 spiro atoms. The molecule has 9 aliphatic rings. The first-order valence-corrected chi connectivity index (χ1v) is 18.4. The first-order chi connectivity index (χ1) is 20.2. The zero-order valence-electron chi connectivity index (χ0n) is 25.9. The minimum atomic E-state index is 0. The Kier molecular flexibility index (Phi) is 10.3. The van der Waals surface area contributed by atoms with Crippen molar-refractivity contribution < 1.29 is 19.5 Å². The molecular weight excluding hydrogens is 677 g/mol. The maximum absolute atomic E-state index is 7.19. The van der Waals surface area contributed by atoms with Gasteiger partial charge in [-0.25, -0.2) is 0 Å². The van der Waals surface area contributed by atoms with Crippen molar-refractivity contribution in [3.63, 3.8) is 0 Å². The summed E-state index contributed by atoms with van der Waals surface area (Å²) in [4.78, 5) is 0. The third kappa shape index (κ3) is 5.79. The number of fused-ring (bicyclic) bond motifs is 20. The van der Waals surface area contributed by atoms with Crippen LogP contribution < -0.4 is 42.5 Å². The fraction of sp³-hybridized carbons (Fsp3) is 1.00. The van der Waals surface area contributed by atoms with Crippen LogP contribution in [0.2, 0.25) is 0 Å². The molecule has 17 atom stereocenters. The summed E-state index contributed by atoms with van der Waals surface area (Å²) in [5, 5.41) is 33.8. The van der Waals surface area contributed by atoms with Crippen LogP contribution in [0.3, 0.4) is 0 Å². The van der Waals surface area contributed by atoms with Crippen molar-refractivity contribution in [1.82, 2.24) is 42.5 Å². The Labute approximate surface area is 287 Å². The molecule has 9 fully saturated rings. The maximum Gasteiger partial charge on any atom is 0.0642 e. The Morgan fingerprint density at radius 1 is 0.326 bits per heavy atom. The van der Waals surface area contributed by atoms with Crippen molar-refractivity contribution in [1.29, 1.82) is 0 Å². The average Bonchev–Trinajstić information content (AvgIpc) is 3.73. The topological polar surface area (TPSA) is 96.2 Å². The molecule has 43 heavy (non-hydrogen) atoms. The van der Waals surface area contributed by atoms with Gasteiger partial charge in [0, 0.05) is 30.8 Å². The quantitative estimate of drug-likeness (QED) is 0.142. The van der Waals surface area contributed by atoms with E-state index in [1.54, 1.807) is 0 Å². The molecule has 0 aromatic carbocycles. The summed E-state index contributed by atoms with van der Waals surface area (Å²) in [6, 6.07) is 0. The second-order valence-corrected chi connectivity index (χ2v) is 16.2. The minimum Gasteiger partial charge on any atom is -0.286 e. The van der Waals surface area contributed by atoms with Crippen LogP contribution in [0.4, 0.5) is 0 Å². The minimum absolute atomic E-state index is 0. The molecule has 4 saturated carbocycles. The molecule has 0 aromatic rings. The fourth-order valence-electron chi connectivity index (χ4n) is 12.0. The normalized spacial score (nSPS) is 55.6. The standard InChI is InChI=1S/C32H55ClN8.BrH.Zn/c33-23-15-7-14-22-24(23)32-40-30-21-13-6-5-12-20(21)28(38-30)36-26-17-9-2-1-8-16(17)25(34-26)35-27-18-10-3-4-11-19(18)29(37-27)39-31(22)41-32;;/h16-32,34-41H,1-15H2;1H;. The second-order valence-electron chi connectivity index (χ2n) is 15.7. The molecule has 17 unspecified atom stereocenters. The number of hydrogen-bond acceptors (Lipinski definition) is 8. The molecule has 5 saturated heterocycles. The van der Waals surface area contributed by atoms with E-state index < -0.39 is 0 Å². The van der Waals surface area contributed by atoms with Crippen molar-refractivity contribution in [3.05, 3.63) is 0 Å². The van der Waals surface area contributed by atoms with Gasteiger partial charge in [-0.15, -0.1) is 28.6 Å². The van der Waals surface area contributed by atoms with E-state index in [-0.39, 0.29) is 48.0 Å². The summed E-state index contributed by atoms with van der Waals surface area (Å²) in [7, 11) is 0. The van der Waals surface area contributed by atoms with E-state index in [0.29, 0.717) is 78.7 Å². The van der Waals surface area contributed by atoms with Gasteiger partial charge >= 0.3 is 0 Å². The summed E-state index contributed by atoms with van der Waals surface area (Å²) in [6.45, 7) is 0. The Morgan fingerprint density at radius 3 is 0.907 bits per heavy atom. The van der Waals surface area contributed by atoms with E-state index in [4.69, 9.17) is 11.6 Å². The predicted octanol–water partition coefficient (Wildman–Crippen LogP) is 3.40. The monoisotopic (exact) mass is 730 g/mol. The first kappa shape index (κ1) is 32.6. The van der Waals surface area contributed by atoms with Gasteiger partial charge in [-0.1, -0.05) is 44.9 Å². The molecule has 5 aliphatic heterocycles. The zero-order valence-corrected chi connectivity index (χ0v) is 31.4. The Bertz CT molecular complexity index is 966. The van der Waals surface area contributed by atoms with E-state index in [9.17, 15) is 0 Å². The molecule has 11 heteroatoms. The van der Waals surface area contributed by atoms with Crippen LogP contribution in [-0.4, -0.2) is 54.7 Å². The van der Waals surface area contributed by atoms with Gasteiger partial charge in [-0.05, 0) is 92.8 Å². The van der Waals surface area contributed by atoms with E-state index in [2.05, 4.69) is 42.5 Å². The molecule has 5 heterocycles. The van der Waals surface area contributed by atoms with Gasteiger partial charge in [0.05, 0.1) is 49.3 Å². The number of rotatable bonds is 0. The van der Waals surface area contributed by atoms with Gasteiger partial charge in [-0.2, -0.15) is 0 Å². The Balaban J connectivity index is 0.00000150. The van der Waals surface area contributed by atoms with Gasteiger partial charge in [-0.3, -0.25) is 42.5 Å². The molecule has 8 bridgehead atoms. The fourth-order valence-corrected chi connectivity index (χ4v) is 12.5. The molecule has 0 aromatic heterocycles. The Morgan fingerprint density at radius 2 is 0.581 bits per heavy atom. The van der Waals surface area contributed by atoms with Crippen LogP contribution in [0.1, 0.15) is 96.3 Å². The molecule has 8 N–H and O–H groups in total. The second kappa shape index (κ2) is 13.5. The van der Waals surface area contributed by atoms with E-state index >= 15 is 0 Å². The van der Waals surface area contributed by atoms with Gasteiger partial charge in [0.25, 0.3) is 0 Å². The Hall–Kier alpha value is 1.07. The first-order valence-electron chi connectivity index (χ1n) is 17.9. The molecular formula is C32H56BrClN8Zn. The number of hydrogen-bond donors (Lipinski definition) is 8. The molecule has 4 aliphatic carbocycles. The van der Waals surface area contributed by atoms with Gasteiger partial charge in [0.15, 0.2) is 0 Å². The summed E-state index contributed by atoms with van der Waals surface area (Å²) < 4.78 is 0. The summed E-state index contributed by atoms with van der Waals surface area (Å²) >= 11 is 7.19. The summed E-state index contributed by atoms with van der Waals surface area (Å²) in [5.74, 6) is 5.34. The third-order valence-electron chi connectivity index (χ3n) is 13.8. The van der Waals surface area contributed by atoms with Crippen LogP contribution in [0, 0.1) is 47.3 Å². The van der Waals surface area contributed by atoms with Gasteiger partial charge in [0.1, 0.15) is 0 Å². The van der Waals surface area contributed by atoms with Crippen LogP contribution in [0.5, 0.6) is 0 Å². The largest absolute Gasteiger partial charge is 0.286 e. The van der Waals surface area contributed by atoms with Crippen molar-refractivity contribution in [2.75, 3.05) is 0 Å². The number of halogens is 2. The number of nitrogens with one attached hydrogen (secondary N) is 8. The molecule has 0 amide bonds. The van der Waals surface area contributed by atoms with Gasteiger partial charge < -0.3 is 0 Å². The molecule has 9 rings (SSSR count). The molecule has 0 radical (unpaired) electrons. The van der Waals surface area contributed by atoms with Crippen molar-refractivity contribution >= 4 is 28.6 Å². The van der Waals surface area contributed by atoms with Crippen LogP contribution in [0.15, 0.2) is 0 Å². The van der Waals surface area contributed by atoms with Crippen molar-refractivity contribution in [2.24, 2.45) is 47.3 Å². The van der Waals surface area contributed by atoms with Gasteiger partial charge in [0.2, 0.25) is 0 Å². The van der Waals surface area contributed by atoms with Crippen LogP contribution in [-0.2, 0) is 19.5 Å². The van der Waals surface area contributed by atoms with E-state index in [1.807, 2.05) is 0 Å². The zero-order chi connectivity index (χ0) is 27.1. The third-order valence-corrected chi connectivity index (χ3v) is 14.3.